The van der Waals surface area contributed by atoms with Crippen LogP contribution in [0.1, 0.15) is 39.5 Å². The first-order valence-corrected chi connectivity index (χ1v) is 9.25. The lowest BCUT2D eigenvalue weighted by atomic mass is 10.1. The monoisotopic (exact) mass is 427 g/mol. The maximum Gasteiger partial charge on any atom is 0.246 e. The zero-order chi connectivity index (χ0) is 21.1. The highest BCUT2D eigenvalue weighted by molar-refractivity contribution is 5.99. The third kappa shape index (κ3) is 9.91. The molecule has 1 rings (SSSR count). The van der Waals surface area contributed by atoms with Crippen molar-refractivity contribution in [1.82, 2.24) is 10.6 Å². The Bertz CT molecular complexity index is 686. The molecule has 1 aromatic carbocycles. The highest BCUT2D eigenvalue weighted by atomic mass is 35.5. The van der Waals surface area contributed by atoms with Gasteiger partial charge in [-0.3, -0.25) is 19.2 Å². The molecule has 0 aliphatic carbocycles. The van der Waals surface area contributed by atoms with E-state index in [9.17, 15) is 19.2 Å². The topological polar surface area (TPSA) is 156 Å². The van der Waals surface area contributed by atoms with Crippen molar-refractivity contribution in [2.45, 2.75) is 57.7 Å². The van der Waals surface area contributed by atoms with Gasteiger partial charge in [0, 0.05) is 5.69 Å². The number of carbonyl (C=O) groups excluding carboxylic acids is 4. The number of anilines is 1. The molecule has 0 unspecified atom stereocenters. The van der Waals surface area contributed by atoms with Gasteiger partial charge in [-0.25, -0.2) is 0 Å². The molecule has 1 aromatic rings. The highest BCUT2D eigenvalue weighted by Gasteiger charge is 2.27. The summed E-state index contributed by atoms with van der Waals surface area (Å²) in [5.74, 6) is -2.44. The molecule has 0 bridgehead atoms. The Morgan fingerprint density at radius 3 is 2.17 bits per heavy atom. The minimum atomic E-state index is -1.20. The number of amides is 4. The molecule has 0 spiro atoms. The van der Waals surface area contributed by atoms with E-state index in [-0.39, 0.29) is 12.4 Å². The lowest BCUT2D eigenvalue weighted by Crippen LogP contribution is -2.55. The molecule has 29 heavy (non-hydrogen) atoms. The van der Waals surface area contributed by atoms with E-state index in [0.717, 1.165) is 12.8 Å². The van der Waals surface area contributed by atoms with Gasteiger partial charge in [0.15, 0.2) is 0 Å². The van der Waals surface area contributed by atoms with Crippen LogP contribution in [0, 0.1) is 0 Å². The fraction of sp³-hybridized carbons (Fsp3) is 0.474. The van der Waals surface area contributed by atoms with Crippen molar-refractivity contribution in [1.29, 1.82) is 0 Å². The normalized spacial score (nSPS) is 13.2. The summed E-state index contributed by atoms with van der Waals surface area (Å²) in [6, 6.07) is 5.86. The molecular weight excluding hydrogens is 398 g/mol. The quantitative estimate of drug-likeness (QED) is 0.346. The lowest BCUT2D eigenvalue weighted by molar-refractivity contribution is -0.133. The van der Waals surface area contributed by atoms with E-state index in [0.29, 0.717) is 12.1 Å². The predicted molar refractivity (Wildman–Crippen MR) is 113 cm³/mol. The Labute approximate surface area is 176 Å². The first kappa shape index (κ1) is 26.4. The smallest absolute Gasteiger partial charge is 0.246 e. The standard InChI is InChI=1S/C19H29N5O4.ClH/c1-3-4-10-14(20)18(27)24-15(11-16(21)25)19(28)22-12(2)17(26)23-13-8-6-5-7-9-13;/h5-9,12,14-15H,3-4,10-11,20H2,1-2H3,(H2,21,25)(H,22,28)(H,23,26)(H,24,27);1H/t12-,14-,15-;/m0./s1. The Kier molecular flexibility index (Phi) is 12.3. The Hall–Kier alpha value is -2.65. The molecule has 9 nitrogen and oxygen atoms in total. The SMILES string of the molecule is CCCC[C@H](N)C(=O)N[C@@H](CC(N)=O)C(=O)N[C@@H](C)C(=O)Nc1ccccc1.Cl. The number of rotatable bonds is 11. The predicted octanol–water partition coefficient (Wildman–Crippen LogP) is 0.429. The van der Waals surface area contributed by atoms with Crippen LogP contribution in [-0.4, -0.2) is 41.8 Å². The summed E-state index contributed by atoms with van der Waals surface area (Å²) >= 11 is 0. The van der Waals surface area contributed by atoms with Crippen molar-refractivity contribution in [3.8, 4) is 0 Å². The van der Waals surface area contributed by atoms with E-state index in [2.05, 4.69) is 16.0 Å². The zero-order valence-corrected chi connectivity index (χ0v) is 17.5. The van der Waals surface area contributed by atoms with Gasteiger partial charge in [0.05, 0.1) is 12.5 Å². The minimum Gasteiger partial charge on any atom is -0.370 e. The summed E-state index contributed by atoms with van der Waals surface area (Å²) in [5, 5.41) is 7.58. The van der Waals surface area contributed by atoms with Gasteiger partial charge in [-0.1, -0.05) is 38.0 Å². The number of primary amides is 1. The molecule has 0 fully saturated rings. The van der Waals surface area contributed by atoms with Gasteiger partial charge in [0.25, 0.3) is 0 Å². The molecule has 0 saturated heterocycles. The van der Waals surface area contributed by atoms with Crippen molar-refractivity contribution >= 4 is 41.7 Å². The van der Waals surface area contributed by atoms with Gasteiger partial charge < -0.3 is 27.4 Å². The molecule has 0 saturated carbocycles. The van der Waals surface area contributed by atoms with Crippen LogP contribution in [0.3, 0.4) is 0 Å². The number of carbonyl (C=O) groups is 4. The second kappa shape index (κ2) is 13.5. The number of hydrogen-bond donors (Lipinski definition) is 5. The van der Waals surface area contributed by atoms with Crippen LogP contribution >= 0.6 is 12.4 Å². The van der Waals surface area contributed by atoms with E-state index in [1.54, 1.807) is 24.3 Å². The summed E-state index contributed by atoms with van der Waals surface area (Å²) in [6.45, 7) is 3.46. The minimum absolute atomic E-state index is 0. The van der Waals surface area contributed by atoms with E-state index in [1.165, 1.54) is 6.92 Å². The van der Waals surface area contributed by atoms with Crippen molar-refractivity contribution in [3.63, 3.8) is 0 Å². The largest absolute Gasteiger partial charge is 0.370 e. The van der Waals surface area contributed by atoms with Gasteiger partial charge in [0.1, 0.15) is 12.1 Å². The molecule has 0 aromatic heterocycles. The average molecular weight is 428 g/mol. The molecule has 0 heterocycles. The summed E-state index contributed by atoms with van der Waals surface area (Å²) in [4.78, 5) is 48.1. The van der Waals surface area contributed by atoms with Crippen molar-refractivity contribution in [3.05, 3.63) is 30.3 Å². The summed E-state index contributed by atoms with van der Waals surface area (Å²) in [5.41, 5.74) is 11.6. The van der Waals surface area contributed by atoms with Crippen LogP contribution < -0.4 is 27.4 Å². The number of hydrogen-bond acceptors (Lipinski definition) is 5. The lowest BCUT2D eigenvalue weighted by Gasteiger charge is -2.22. The molecular formula is C19H30ClN5O4. The fourth-order valence-electron chi connectivity index (χ4n) is 2.40. The second-order valence-electron chi connectivity index (χ2n) is 6.57. The maximum absolute atomic E-state index is 12.5. The van der Waals surface area contributed by atoms with Gasteiger partial charge in [-0.05, 0) is 25.5 Å². The number of benzene rings is 1. The summed E-state index contributed by atoms with van der Waals surface area (Å²) < 4.78 is 0. The number of para-hydroxylation sites is 1. The molecule has 3 atom stereocenters. The van der Waals surface area contributed by atoms with Gasteiger partial charge in [-0.2, -0.15) is 0 Å². The fourth-order valence-corrected chi connectivity index (χ4v) is 2.40. The van der Waals surface area contributed by atoms with Crippen LogP contribution in [0.5, 0.6) is 0 Å². The van der Waals surface area contributed by atoms with E-state index in [4.69, 9.17) is 11.5 Å². The Morgan fingerprint density at radius 2 is 1.62 bits per heavy atom. The first-order chi connectivity index (χ1) is 13.2. The second-order valence-corrected chi connectivity index (χ2v) is 6.57. The van der Waals surface area contributed by atoms with Crippen LogP contribution in [-0.2, 0) is 19.2 Å². The average Bonchev–Trinajstić information content (AvgIpc) is 2.65. The van der Waals surface area contributed by atoms with Gasteiger partial charge >= 0.3 is 0 Å². The third-order valence-corrected chi connectivity index (χ3v) is 4.04. The van der Waals surface area contributed by atoms with Crippen LogP contribution in [0.2, 0.25) is 0 Å². The first-order valence-electron chi connectivity index (χ1n) is 9.25. The van der Waals surface area contributed by atoms with Gasteiger partial charge in [-0.15, -0.1) is 12.4 Å². The number of nitrogens with two attached hydrogens (primary N) is 2. The molecule has 162 valence electrons. The third-order valence-electron chi connectivity index (χ3n) is 4.04. The van der Waals surface area contributed by atoms with Crippen molar-refractivity contribution < 1.29 is 19.2 Å². The molecule has 10 heteroatoms. The summed E-state index contributed by atoms with van der Waals surface area (Å²) in [7, 11) is 0. The van der Waals surface area contributed by atoms with Crippen LogP contribution in [0.4, 0.5) is 5.69 Å². The van der Waals surface area contributed by atoms with Crippen LogP contribution in [0.25, 0.3) is 0 Å². The van der Waals surface area contributed by atoms with E-state index < -0.39 is 48.2 Å². The molecule has 0 aliphatic rings. The van der Waals surface area contributed by atoms with Crippen LogP contribution in [0.15, 0.2) is 30.3 Å². The Balaban J connectivity index is 0.00000784. The molecule has 4 amide bonds. The number of nitrogens with one attached hydrogen (secondary N) is 3. The molecule has 0 aliphatic heterocycles. The van der Waals surface area contributed by atoms with Gasteiger partial charge in [0.2, 0.25) is 23.6 Å². The zero-order valence-electron chi connectivity index (χ0n) is 16.6. The molecule has 7 N–H and O–H groups in total. The highest BCUT2D eigenvalue weighted by Crippen LogP contribution is 2.06. The van der Waals surface area contributed by atoms with E-state index >= 15 is 0 Å². The number of unbranched alkanes of at least 4 members (excludes halogenated alkanes) is 1. The molecule has 0 radical (unpaired) electrons. The number of halogens is 1. The summed E-state index contributed by atoms with van der Waals surface area (Å²) in [6.07, 6.45) is 1.70. The van der Waals surface area contributed by atoms with E-state index in [1.807, 2.05) is 13.0 Å². The van der Waals surface area contributed by atoms with Crippen molar-refractivity contribution in [2.24, 2.45) is 11.5 Å². The maximum atomic E-state index is 12.5. The van der Waals surface area contributed by atoms with Crippen molar-refractivity contribution in [2.75, 3.05) is 5.32 Å². The Morgan fingerprint density at radius 1 is 1.00 bits per heavy atom.